The van der Waals surface area contributed by atoms with Gasteiger partial charge < -0.3 is 9.73 Å². The standard InChI is InChI=1S/C13H13NO2/c1-2-13(15)14-8-7-11-9-10-5-3-4-6-12(10)16-11/h2-6,9H,1,7-8H2,(H,14,15). The third-order valence-corrected chi connectivity index (χ3v) is 2.33. The van der Waals surface area contributed by atoms with Crippen molar-refractivity contribution in [2.45, 2.75) is 6.42 Å². The van der Waals surface area contributed by atoms with Gasteiger partial charge in [0.05, 0.1) is 0 Å². The van der Waals surface area contributed by atoms with Crippen molar-refractivity contribution in [2.75, 3.05) is 6.54 Å². The number of carbonyl (C=O) groups excluding carboxylic acids is 1. The summed E-state index contributed by atoms with van der Waals surface area (Å²) in [6, 6.07) is 9.84. The molecule has 0 saturated heterocycles. The van der Waals surface area contributed by atoms with Gasteiger partial charge in [-0.1, -0.05) is 24.8 Å². The monoisotopic (exact) mass is 215 g/mol. The van der Waals surface area contributed by atoms with Crippen molar-refractivity contribution in [3.63, 3.8) is 0 Å². The molecule has 0 fully saturated rings. The van der Waals surface area contributed by atoms with Crippen molar-refractivity contribution in [1.82, 2.24) is 5.32 Å². The highest BCUT2D eigenvalue weighted by atomic mass is 16.3. The van der Waals surface area contributed by atoms with Crippen LogP contribution in [0.25, 0.3) is 11.0 Å². The number of furan rings is 1. The number of nitrogens with one attached hydrogen (secondary N) is 1. The highest BCUT2D eigenvalue weighted by Gasteiger charge is 2.02. The Hall–Kier alpha value is -2.03. The zero-order valence-corrected chi connectivity index (χ0v) is 8.90. The van der Waals surface area contributed by atoms with Crippen LogP contribution in [0.4, 0.5) is 0 Å². The second kappa shape index (κ2) is 4.66. The Bertz CT molecular complexity index is 480. The van der Waals surface area contributed by atoms with E-state index in [0.717, 1.165) is 16.7 Å². The van der Waals surface area contributed by atoms with Crippen molar-refractivity contribution in [1.29, 1.82) is 0 Å². The van der Waals surface area contributed by atoms with Crippen LogP contribution in [0, 0.1) is 0 Å². The molecule has 0 aliphatic rings. The van der Waals surface area contributed by atoms with E-state index in [1.54, 1.807) is 0 Å². The van der Waals surface area contributed by atoms with E-state index in [2.05, 4.69) is 11.9 Å². The summed E-state index contributed by atoms with van der Waals surface area (Å²) in [7, 11) is 0. The summed E-state index contributed by atoms with van der Waals surface area (Å²) in [5.74, 6) is 0.724. The number of fused-ring (bicyclic) bond motifs is 1. The molecule has 1 amide bonds. The molecule has 1 aromatic heterocycles. The predicted octanol–water partition coefficient (Wildman–Crippen LogP) is 2.28. The summed E-state index contributed by atoms with van der Waals surface area (Å²) in [6.07, 6.45) is 1.95. The smallest absolute Gasteiger partial charge is 0.243 e. The third-order valence-electron chi connectivity index (χ3n) is 2.33. The van der Waals surface area contributed by atoms with Gasteiger partial charge in [0, 0.05) is 18.4 Å². The minimum atomic E-state index is -0.156. The van der Waals surface area contributed by atoms with Gasteiger partial charge >= 0.3 is 0 Å². The molecule has 1 N–H and O–H groups in total. The molecule has 0 spiro atoms. The largest absolute Gasteiger partial charge is 0.461 e. The lowest BCUT2D eigenvalue weighted by atomic mass is 10.2. The number of carbonyl (C=O) groups is 1. The number of rotatable bonds is 4. The summed E-state index contributed by atoms with van der Waals surface area (Å²) in [5.41, 5.74) is 0.882. The first-order valence-electron chi connectivity index (χ1n) is 5.17. The first kappa shape index (κ1) is 10.5. The SMILES string of the molecule is C=CC(=O)NCCc1cc2ccccc2o1. The number of hydrogen-bond acceptors (Lipinski definition) is 2. The van der Waals surface area contributed by atoms with E-state index in [4.69, 9.17) is 4.42 Å². The molecule has 16 heavy (non-hydrogen) atoms. The lowest BCUT2D eigenvalue weighted by Gasteiger charge is -1.98. The van der Waals surface area contributed by atoms with E-state index in [0.29, 0.717) is 13.0 Å². The van der Waals surface area contributed by atoms with Crippen LogP contribution in [0.2, 0.25) is 0 Å². The van der Waals surface area contributed by atoms with Crippen molar-refractivity contribution in [3.05, 3.63) is 48.7 Å². The molecule has 0 bridgehead atoms. The van der Waals surface area contributed by atoms with Crippen LogP contribution < -0.4 is 5.32 Å². The molecular formula is C13H13NO2. The molecule has 0 unspecified atom stereocenters. The predicted molar refractivity (Wildman–Crippen MR) is 63.1 cm³/mol. The number of benzene rings is 1. The van der Waals surface area contributed by atoms with Gasteiger partial charge in [-0.25, -0.2) is 0 Å². The summed E-state index contributed by atoms with van der Waals surface area (Å²) in [4.78, 5) is 10.9. The molecule has 0 radical (unpaired) electrons. The minimum Gasteiger partial charge on any atom is -0.461 e. The Morgan fingerprint density at radius 1 is 1.44 bits per heavy atom. The average molecular weight is 215 g/mol. The number of para-hydroxylation sites is 1. The van der Waals surface area contributed by atoms with E-state index in [-0.39, 0.29) is 5.91 Å². The third kappa shape index (κ3) is 2.31. The molecule has 0 aliphatic heterocycles. The lowest BCUT2D eigenvalue weighted by Crippen LogP contribution is -2.23. The molecule has 0 atom stereocenters. The van der Waals surface area contributed by atoms with Gasteiger partial charge in [0.2, 0.25) is 5.91 Å². The number of hydrogen-bond donors (Lipinski definition) is 1. The van der Waals surface area contributed by atoms with Gasteiger partial charge in [-0.3, -0.25) is 4.79 Å². The van der Waals surface area contributed by atoms with Crippen molar-refractivity contribution >= 4 is 16.9 Å². The molecule has 1 aromatic carbocycles. The quantitative estimate of drug-likeness (QED) is 0.795. The van der Waals surface area contributed by atoms with Crippen molar-refractivity contribution in [2.24, 2.45) is 0 Å². The van der Waals surface area contributed by atoms with Crippen LogP contribution in [0.3, 0.4) is 0 Å². The van der Waals surface area contributed by atoms with Crippen LogP contribution in [0.1, 0.15) is 5.76 Å². The molecule has 2 aromatic rings. The highest BCUT2D eigenvalue weighted by molar-refractivity contribution is 5.86. The van der Waals surface area contributed by atoms with Crippen LogP contribution in [-0.4, -0.2) is 12.5 Å². The normalized spacial score (nSPS) is 10.2. The second-order valence-electron chi connectivity index (χ2n) is 3.50. The molecule has 2 rings (SSSR count). The summed E-state index contributed by atoms with van der Waals surface area (Å²) in [5, 5.41) is 3.80. The Kier molecular flexibility index (Phi) is 3.05. The fourth-order valence-corrected chi connectivity index (χ4v) is 1.54. The molecule has 1 heterocycles. The Labute approximate surface area is 93.8 Å². The Balaban J connectivity index is 1.99. The summed E-state index contributed by atoms with van der Waals surface area (Å²) < 4.78 is 5.61. The molecule has 0 aliphatic carbocycles. The fourth-order valence-electron chi connectivity index (χ4n) is 1.54. The fraction of sp³-hybridized carbons (Fsp3) is 0.154. The average Bonchev–Trinajstić information content (AvgIpc) is 2.71. The molecule has 82 valence electrons. The zero-order chi connectivity index (χ0) is 11.4. The maximum atomic E-state index is 10.9. The maximum Gasteiger partial charge on any atom is 0.243 e. The van der Waals surface area contributed by atoms with Crippen molar-refractivity contribution < 1.29 is 9.21 Å². The van der Waals surface area contributed by atoms with Gasteiger partial charge in [0.1, 0.15) is 11.3 Å². The van der Waals surface area contributed by atoms with Gasteiger partial charge in [0.15, 0.2) is 0 Å². The summed E-state index contributed by atoms with van der Waals surface area (Å²) >= 11 is 0. The Morgan fingerprint density at radius 3 is 3.00 bits per heavy atom. The minimum absolute atomic E-state index is 0.156. The maximum absolute atomic E-state index is 10.9. The number of amides is 1. The molecular weight excluding hydrogens is 202 g/mol. The Morgan fingerprint density at radius 2 is 2.25 bits per heavy atom. The molecule has 0 saturated carbocycles. The lowest BCUT2D eigenvalue weighted by molar-refractivity contribution is -0.116. The molecule has 3 heteroatoms. The van der Waals surface area contributed by atoms with E-state index in [9.17, 15) is 4.79 Å². The second-order valence-corrected chi connectivity index (χ2v) is 3.50. The van der Waals surface area contributed by atoms with Crippen LogP contribution in [-0.2, 0) is 11.2 Å². The first-order valence-corrected chi connectivity index (χ1v) is 5.17. The van der Waals surface area contributed by atoms with Gasteiger partial charge in [0.25, 0.3) is 0 Å². The van der Waals surface area contributed by atoms with E-state index in [1.165, 1.54) is 6.08 Å². The first-order chi connectivity index (χ1) is 7.79. The van der Waals surface area contributed by atoms with Crippen LogP contribution >= 0.6 is 0 Å². The summed E-state index contributed by atoms with van der Waals surface area (Å²) in [6.45, 7) is 3.95. The van der Waals surface area contributed by atoms with Gasteiger partial charge in [-0.05, 0) is 18.2 Å². The van der Waals surface area contributed by atoms with Crippen LogP contribution in [0.15, 0.2) is 47.4 Å². The van der Waals surface area contributed by atoms with Crippen LogP contribution in [0.5, 0.6) is 0 Å². The van der Waals surface area contributed by atoms with E-state index >= 15 is 0 Å². The zero-order valence-electron chi connectivity index (χ0n) is 8.90. The highest BCUT2D eigenvalue weighted by Crippen LogP contribution is 2.18. The molecule has 3 nitrogen and oxygen atoms in total. The van der Waals surface area contributed by atoms with Gasteiger partial charge in [-0.15, -0.1) is 0 Å². The van der Waals surface area contributed by atoms with Crippen molar-refractivity contribution in [3.8, 4) is 0 Å². The van der Waals surface area contributed by atoms with E-state index in [1.807, 2.05) is 30.3 Å². The van der Waals surface area contributed by atoms with E-state index < -0.39 is 0 Å². The topological polar surface area (TPSA) is 42.2 Å². The van der Waals surface area contributed by atoms with Gasteiger partial charge in [-0.2, -0.15) is 0 Å².